The molecular formula is C25H34N2O2. The van der Waals surface area contributed by atoms with E-state index in [4.69, 9.17) is 4.74 Å². The van der Waals surface area contributed by atoms with Gasteiger partial charge in [-0.15, -0.1) is 0 Å². The van der Waals surface area contributed by atoms with Crippen LogP contribution >= 0.6 is 0 Å². The molecule has 1 aliphatic heterocycles. The van der Waals surface area contributed by atoms with Crippen LogP contribution in [0.1, 0.15) is 48.8 Å². The molecule has 0 atom stereocenters. The number of piperidine rings is 1. The van der Waals surface area contributed by atoms with Gasteiger partial charge in [-0.3, -0.25) is 9.69 Å². The average molecular weight is 395 g/mol. The molecule has 1 aliphatic rings. The molecule has 2 aromatic carbocycles. The standard InChI is InChI=1S/C25H34N2O2/c1-20-11-12-21(2)24(18-20)29-17-7-6-10-25(28)26-23-13-15-27(16-14-23)19-22-8-4-3-5-9-22/h3-5,8-9,11-12,18,23H,6-7,10,13-17,19H2,1-2H3,(H,26,28). The summed E-state index contributed by atoms with van der Waals surface area (Å²) in [6.45, 7) is 7.89. The fraction of sp³-hybridized carbons (Fsp3) is 0.480. The zero-order chi connectivity index (χ0) is 20.5. The molecule has 1 saturated heterocycles. The first-order valence-corrected chi connectivity index (χ1v) is 10.9. The van der Waals surface area contributed by atoms with Crippen molar-refractivity contribution in [1.82, 2.24) is 10.2 Å². The Kier molecular flexibility index (Phi) is 8.12. The first kappa shape index (κ1) is 21.4. The van der Waals surface area contributed by atoms with Crippen LogP contribution < -0.4 is 10.1 Å². The van der Waals surface area contributed by atoms with Gasteiger partial charge in [0.15, 0.2) is 0 Å². The smallest absolute Gasteiger partial charge is 0.220 e. The Morgan fingerprint density at radius 1 is 1.07 bits per heavy atom. The maximum atomic E-state index is 12.3. The molecule has 1 N–H and O–H groups in total. The zero-order valence-corrected chi connectivity index (χ0v) is 17.8. The van der Waals surface area contributed by atoms with E-state index in [9.17, 15) is 4.79 Å². The molecule has 156 valence electrons. The summed E-state index contributed by atoms with van der Waals surface area (Å²) < 4.78 is 5.87. The molecule has 1 fully saturated rings. The highest BCUT2D eigenvalue weighted by atomic mass is 16.5. The van der Waals surface area contributed by atoms with Crippen LogP contribution in [0.15, 0.2) is 48.5 Å². The van der Waals surface area contributed by atoms with Gasteiger partial charge in [-0.2, -0.15) is 0 Å². The first-order valence-electron chi connectivity index (χ1n) is 10.9. The number of benzene rings is 2. The second-order valence-electron chi connectivity index (χ2n) is 8.18. The fourth-order valence-electron chi connectivity index (χ4n) is 3.81. The molecule has 4 heteroatoms. The van der Waals surface area contributed by atoms with E-state index in [0.717, 1.165) is 56.6 Å². The molecular weight excluding hydrogens is 360 g/mol. The minimum atomic E-state index is 0.179. The number of ether oxygens (including phenoxy) is 1. The molecule has 3 rings (SSSR count). The summed E-state index contributed by atoms with van der Waals surface area (Å²) in [5, 5.41) is 3.22. The average Bonchev–Trinajstić information content (AvgIpc) is 2.72. The highest BCUT2D eigenvalue weighted by molar-refractivity contribution is 5.76. The van der Waals surface area contributed by atoms with Crippen LogP contribution in [0.4, 0.5) is 0 Å². The quantitative estimate of drug-likeness (QED) is 0.630. The predicted molar refractivity (Wildman–Crippen MR) is 118 cm³/mol. The van der Waals surface area contributed by atoms with Crippen LogP contribution in [-0.4, -0.2) is 36.5 Å². The van der Waals surface area contributed by atoms with E-state index in [1.165, 1.54) is 11.1 Å². The Balaban J connectivity index is 1.27. The molecule has 29 heavy (non-hydrogen) atoms. The first-order chi connectivity index (χ1) is 14.1. The van der Waals surface area contributed by atoms with E-state index in [-0.39, 0.29) is 5.91 Å². The van der Waals surface area contributed by atoms with Crippen LogP contribution in [0.3, 0.4) is 0 Å². The summed E-state index contributed by atoms with van der Waals surface area (Å²) in [7, 11) is 0. The highest BCUT2D eigenvalue weighted by Crippen LogP contribution is 2.19. The van der Waals surface area contributed by atoms with Gasteiger partial charge < -0.3 is 10.1 Å². The fourth-order valence-corrected chi connectivity index (χ4v) is 3.81. The number of rotatable bonds is 9. The lowest BCUT2D eigenvalue weighted by Crippen LogP contribution is -2.44. The lowest BCUT2D eigenvalue weighted by Gasteiger charge is -2.32. The SMILES string of the molecule is Cc1ccc(C)c(OCCCCC(=O)NC2CCN(Cc3ccccc3)CC2)c1. The summed E-state index contributed by atoms with van der Waals surface area (Å²) >= 11 is 0. The lowest BCUT2D eigenvalue weighted by atomic mass is 10.0. The summed E-state index contributed by atoms with van der Waals surface area (Å²) in [5.74, 6) is 1.13. The van der Waals surface area contributed by atoms with Crippen molar-refractivity contribution in [1.29, 1.82) is 0 Å². The molecule has 0 radical (unpaired) electrons. The van der Waals surface area contributed by atoms with Gasteiger partial charge in [-0.25, -0.2) is 0 Å². The van der Waals surface area contributed by atoms with E-state index in [1.807, 2.05) is 0 Å². The number of carbonyl (C=O) groups excluding carboxylic acids is 1. The normalized spacial score (nSPS) is 15.2. The van der Waals surface area contributed by atoms with Gasteiger partial charge in [0, 0.05) is 32.1 Å². The second-order valence-corrected chi connectivity index (χ2v) is 8.18. The Morgan fingerprint density at radius 3 is 2.59 bits per heavy atom. The van der Waals surface area contributed by atoms with Crippen molar-refractivity contribution in [3.05, 3.63) is 65.2 Å². The van der Waals surface area contributed by atoms with Crippen LogP contribution in [0.5, 0.6) is 5.75 Å². The lowest BCUT2D eigenvalue weighted by molar-refractivity contribution is -0.122. The Hall–Kier alpha value is -2.33. The van der Waals surface area contributed by atoms with E-state index in [0.29, 0.717) is 19.1 Å². The van der Waals surface area contributed by atoms with Crippen molar-refractivity contribution in [3.8, 4) is 5.75 Å². The Bertz CT molecular complexity index is 768. The third kappa shape index (κ3) is 7.21. The van der Waals surface area contributed by atoms with Crippen LogP contribution in [0.2, 0.25) is 0 Å². The van der Waals surface area contributed by atoms with Gasteiger partial charge in [0.05, 0.1) is 6.61 Å². The van der Waals surface area contributed by atoms with Crippen molar-refractivity contribution in [2.75, 3.05) is 19.7 Å². The number of likely N-dealkylation sites (tertiary alicyclic amines) is 1. The summed E-state index contributed by atoms with van der Waals surface area (Å²) in [6.07, 6.45) is 4.42. The van der Waals surface area contributed by atoms with Gasteiger partial charge >= 0.3 is 0 Å². The van der Waals surface area contributed by atoms with Crippen molar-refractivity contribution < 1.29 is 9.53 Å². The minimum Gasteiger partial charge on any atom is -0.493 e. The summed E-state index contributed by atoms with van der Waals surface area (Å²) in [6, 6.07) is 17.2. The van der Waals surface area contributed by atoms with Gasteiger partial charge in [-0.05, 0) is 62.3 Å². The minimum absolute atomic E-state index is 0.179. The third-order valence-electron chi connectivity index (χ3n) is 5.60. The number of carbonyl (C=O) groups is 1. The highest BCUT2D eigenvalue weighted by Gasteiger charge is 2.20. The van der Waals surface area contributed by atoms with Crippen LogP contribution in [0.25, 0.3) is 0 Å². The molecule has 0 aliphatic carbocycles. The van der Waals surface area contributed by atoms with E-state index in [2.05, 4.69) is 72.6 Å². The summed E-state index contributed by atoms with van der Waals surface area (Å²) in [4.78, 5) is 14.7. The number of nitrogens with one attached hydrogen (secondary N) is 1. The molecule has 1 heterocycles. The van der Waals surface area contributed by atoms with Crippen molar-refractivity contribution in [2.45, 2.75) is 58.5 Å². The number of hydrogen-bond donors (Lipinski definition) is 1. The second kappa shape index (κ2) is 11.0. The maximum Gasteiger partial charge on any atom is 0.220 e. The van der Waals surface area contributed by atoms with Gasteiger partial charge in [-0.1, -0.05) is 42.5 Å². The van der Waals surface area contributed by atoms with E-state index >= 15 is 0 Å². The molecule has 0 aromatic heterocycles. The predicted octanol–water partition coefficient (Wildman–Crippen LogP) is 4.63. The number of nitrogens with zero attached hydrogens (tertiary/aromatic N) is 1. The van der Waals surface area contributed by atoms with E-state index in [1.54, 1.807) is 0 Å². The summed E-state index contributed by atoms with van der Waals surface area (Å²) in [5.41, 5.74) is 3.73. The van der Waals surface area contributed by atoms with E-state index < -0.39 is 0 Å². The molecule has 0 saturated carbocycles. The number of aryl methyl sites for hydroxylation is 2. The molecule has 2 aromatic rings. The van der Waals surface area contributed by atoms with Crippen LogP contribution in [-0.2, 0) is 11.3 Å². The van der Waals surface area contributed by atoms with Gasteiger partial charge in [0.25, 0.3) is 0 Å². The Morgan fingerprint density at radius 2 is 1.83 bits per heavy atom. The van der Waals surface area contributed by atoms with Gasteiger partial charge in [0.2, 0.25) is 5.91 Å². The van der Waals surface area contributed by atoms with Crippen molar-refractivity contribution >= 4 is 5.91 Å². The van der Waals surface area contributed by atoms with Crippen molar-refractivity contribution in [3.63, 3.8) is 0 Å². The van der Waals surface area contributed by atoms with Crippen molar-refractivity contribution in [2.24, 2.45) is 0 Å². The number of unbranched alkanes of at least 4 members (excludes halogenated alkanes) is 1. The monoisotopic (exact) mass is 394 g/mol. The van der Waals surface area contributed by atoms with Crippen LogP contribution in [0, 0.1) is 13.8 Å². The molecule has 0 unspecified atom stereocenters. The third-order valence-corrected chi connectivity index (χ3v) is 5.60. The van der Waals surface area contributed by atoms with Gasteiger partial charge in [0.1, 0.15) is 5.75 Å². The largest absolute Gasteiger partial charge is 0.493 e. The number of hydrogen-bond acceptors (Lipinski definition) is 3. The number of amides is 1. The topological polar surface area (TPSA) is 41.6 Å². The molecule has 0 bridgehead atoms. The zero-order valence-electron chi connectivity index (χ0n) is 17.8. The molecule has 4 nitrogen and oxygen atoms in total. The Labute approximate surface area is 175 Å². The maximum absolute atomic E-state index is 12.3. The molecule has 0 spiro atoms. The molecule has 1 amide bonds.